The second kappa shape index (κ2) is 5.80. The van der Waals surface area contributed by atoms with Crippen molar-refractivity contribution in [3.8, 4) is 16.6 Å². The summed E-state index contributed by atoms with van der Waals surface area (Å²) in [6, 6.07) is 12.0. The molecule has 4 aromatic rings. The Morgan fingerprint density at radius 2 is 2.09 bits per heavy atom. The number of allylic oxidation sites excluding steroid dienone is 1. The summed E-state index contributed by atoms with van der Waals surface area (Å²) in [5, 5.41) is 16.5. The number of thiophene rings is 1. The summed E-state index contributed by atoms with van der Waals surface area (Å²) in [6.07, 6.45) is 1.77. The Morgan fingerprint density at radius 1 is 1.17 bits per heavy atom. The van der Waals surface area contributed by atoms with Gasteiger partial charge in [-0.1, -0.05) is 12.1 Å². The van der Waals surface area contributed by atoms with E-state index in [0.717, 1.165) is 27.3 Å². The van der Waals surface area contributed by atoms with Crippen molar-refractivity contribution in [2.45, 2.75) is 0 Å². The fourth-order valence-electron chi connectivity index (χ4n) is 2.25. The standard InChI is InChI=1S/C17H10N4S2/c18-8-12(16-20-14-3-1-2-4-15(14)21-16)7-13-10-23-17(19-13)11-5-6-22-9-11/h1-7,9-10H,(H,20,21)/b12-7+. The van der Waals surface area contributed by atoms with Crippen LogP contribution in [0, 0.1) is 11.3 Å². The van der Waals surface area contributed by atoms with Crippen LogP contribution in [0.1, 0.15) is 11.5 Å². The largest absolute Gasteiger partial charge is 0.337 e. The average Bonchev–Trinajstić information content (AvgIpc) is 3.30. The summed E-state index contributed by atoms with van der Waals surface area (Å²) in [6.45, 7) is 0. The lowest BCUT2D eigenvalue weighted by molar-refractivity contribution is 1.27. The molecule has 4 nitrogen and oxygen atoms in total. The van der Waals surface area contributed by atoms with Crippen LogP contribution >= 0.6 is 22.7 Å². The van der Waals surface area contributed by atoms with Gasteiger partial charge in [-0.2, -0.15) is 16.6 Å². The van der Waals surface area contributed by atoms with Crippen molar-refractivity contribution < 1.29 is 0 Å². The number of thiazole rings is 1. The number of para-hydroxylation sites is 2. The van der Waals surface area contributed by atoms with Crippen LogP contribution in [-0.2, 0) is 0 Å². The van der Waals surface area contributed by atoms with Crippen LogP contribution in [0.15, 0.2) is 46.5 Å². The molecule has 0 fully saturated rings. The molecule has 6 heteroatoms. The number of aromatic amines is 1. The minimum absolute atomic E-state index is 0.475. The minimum atomic E-state index is 0.475. The van der Waals surface area contributed by atoms with Crippen LogP contribution < -0.4 is 0 Å². The van der Waals surface area contributed by atoms with Gasteiger partial charge in [0.05, 0.1) is 22.3 Å². The highest BCUT2D eigenvalue weighted by atomic mass is 32.1. The third kappa shape index (κ3) is 2.68. The van der Waals surface area contributed by atoms with Crippen molar-refractivity contribution in [2.75, 3.05) is 0 Å². The highest BCUT2D eigenvalue weighted by molar-refractivity contribution is 7.14. The van der Waals surface area contributed by atoms with Crippen LogP contribution in [-0.4, -0.2) is 15.0 Å². The van der Waals surface area contributed by atoms with Gasteiger partial charge in [-0.25, -0.2) is 9.97 Å². The highest BCUT2D eigenvalue weighted by Crippen LogP contribution is 2.27. The lowest BCUT2D eigenvalue weighted by atomic mass is 10.2. The van der Waals surface area contributed by atoms with Gasteiger partial charge in [-0.3, -0.25) is 0 Å². The summed E-state index contributed by atoms with van der Waals surface area (Å²) >= 11 is 3.22. The molecule has 0 bridgehead atoms. The predicted molar refractivity (Wildman–Crippen MR) is 95.0 cm³/mol. The van der Waals surface area contributed by atoms with Gasteiger partial charge >= 0.3 is 0 Å². The normalized spacial score (nSPS) is 11.7. The summed E-state index contributed by atoms with van der Waals surface area (Å²) < 4.78 is 0. The number of nitrogens with one attached hydrogen (secondary N) is 1. The summed E-state index contributed by atoms with van der Waals surface area (Å²) in [7, 11) is 0. The SMILES string of the molecule is N#C/C(=C\c1csc(-c2ccsc2)n1)c1nc2ccccc2[nH]1. The number of fused-ring (bicyclic) bond motifs is 1. The van der Waals surface area contributed by atoms with E-state index in [-0.39, 0.29) is 0 Å². The zero-order valence-corrected chi connectivity index (χ0v) is 13.5. The van der Waals surface area contributed by atoms with E-state index < -0.39 is 0 Å². The van der Waals surface area contributed by atoms with Crippen molar-refractivity contribution in [1.82, 2.24) is 15.0 Å². The first kappa shape index (κ1) is 13.9. The Morgan fingerprint density at radius 3 is 2.87 bits per heavy atom. The third-order valence-electron chi connectivity index (χ3n) is 3.35. The van der Waals surface area contributed by atoms with Crippen LogP contribution in [0.5, 0.6) is 0 Å². The summed E-state index contributed by atoms with van der Waals surface area (Å²) in [5.74, 6) is 0.568. The zero-order valence-electron chi connectivity index (χ0n) is 11.9. The Hall–Kier alpha value is -2.75. The Bertz CT molecular complexity index is 999. The fourth-order valence-corrected chi connectivity index (χ4v) is 3.74. The van der Waals surface area contributed by atoms with E-state index in [2.05, 4.69) is 26.4 Å². The van der Waals surface area contributed by atoms with Gasteiger partial charge in [0.1, 0.15) is 16.9 Å². The average molecular weight is 334 g/mol. The smallest absolute Gasteiger partial charge is 0.149 e. The second-order valence-electron chi connectivity index (χ2n) is 4.86. The van der Waals surface area contributed by atoms with Crippen molar-refractivity contribution >= 4 is 45.4 Å². The third-order valence-corrected chi connectivity index (χ3v) is 4.94. The van der Waals surface area contributed by atoms with E-state index in [1.807, 2.05) is 41.1 Å². The number of nitrogens with zero attached hydrogens (tertiary/aromatic N) is 3. The van der Waals surface area contributed by atoms with Gasteiger partial charge in [0, 0.05) is 16.3 Å². The maximum absolute atomic E-state index is 9.46. The molecule has 3 heterocycles. The van der Waals surface area contributed by atoms with Crippen molar-refractivity contribution in [3.63, 3.8) is 0 Å². The van der Waals surface area contributed by atoms with E-state index in [0.29, 0.717) is 11.4 Å². The molecule has 0 amide bonds. The number of hydrogen-bond acceptors (Lipinski definition) is 5. The lowest BCUT2D eigenvalue weighted by Crippen LogP contribution is -1.85. The van der Waals surface area contributed by atoms with Gasteiger partial charge < -0.3 is 4.98 Å². The molecule has 0 aliphatic carbocycles. The molecule has 0 aliphatic rings. The molecule has 0 radical (unpaired) electrons. The van der Waals surface area contributed by atoms with Gasteiger partial charge in [0.2, 0.25) is 0 Å². The molecule has 3 aromatic heterocycles. The molecule has 0 saturated heterocycles. The molecule has 110 valence electrons. The quantitative estimate of drug-likeness (QED) is 0.547. The zero-order chi connectivity index (χ0) is 15.6. The number of rotatable bonds is 3. The minimum Gasteiger partial charge on any atom is -0.337 e. The van der Waals surface area contributed by atoms with Crippen molar-refractivity contribution in [2.24, 2.45) is 0 Å². The fraction of sp³-hybridized carbons (Fsp3) is 0. The van der Waals surface area contributed by atoms with E-state index in [9.17, 15) is 5.26 Å². The first-order valence-electron chi connectivity index (χ1n) is 6.88. The van der Waals surface area contributed by atoms with E-state index in [1.54, 1.807) is 28.7 Å². The van der Waals surface area contributed by atoms with Crippen LogP contribution in [0.25, 0.3) is 33.3 Å². The first-order valence-corrected chi connectivity index (χ1v) is 8.71. The van der Waals surface area contributed by atoms with Crippen LogP contribution in [0.3, 0.4) is 0 Å². The summed E-state index contributed by atoms with van der Waals surface area (Å²) in [4.78, 5) is 12.2. The topological polar surface area (TPSA) is 65.4 Å². The van der Waals surface area contributed by atoms with Crippen molar-refractivity contribution in [3.05, 3.63) is 58.0 Å². The second-order valence-corrected chi connectivity index (χ2v) is 6.50. The Labute approximate surface area is 140 Å². The molecule has 0 saturated carbocycles. The molecule has 0 atom stereocenters. The summed E-state index contributed by atoms with van der Waals surface area (Å²) in [5.41, 5.74) is 4.13. The number of H-pyrrole nitrogens is 1. The lowest BCUT2D eigenvalue weighted by Gasteiger charge is -1.91. The molecule has 0 unspecified atom stereocenters. The number of aromatic nitrogens is 3. The molecular weight excluding hydrogens is 324 g/mol. The predicted octanol–water partition coefficient (Wildman–Crippen LogP) is 4.81. The molecule has 1 aromatic carbocycles. The monoisotopic (exact) mass is 334 g/mol. The molecule has 0 spiro atoms. The molecule has 4 rings (SSSR count). The van der Waals surface area contributed by atoms with Crippen molar-refractivity contribution in [1.29, 1.82) is 5.26 Å². The van der Waals surface area contributed by atoms with Crippen LogP contribution in [0.2, 0.25) is 0 Å². The van der Waals surface area contributed by atoms with Gasteiger partial charge in [0.25, 0.3) is 0 Å². The number of nitriles is 1. The number of imidazole rings is 1. The molecule has 1 N–H and O–H groups in total. The van der Waals surface area contributed by atoms with E-state index >= 15 is 0 Å². The highest BCUT2D eigenvalue weighted by Gasteiger charge is 2.09. The van der Waals surface area contributed by atoms with E-state index in [4.69, 9.17) is 0 Å². The van der Waals surface area contributed by atoms with E-state index in [1.165, 1.54) is 0 Å². The maximum atomic E-state index is 9.46. The first-order chi connectivity index (χ1) is 11.3. The molecule has 0 aliphatic heterocycles. The molecule has 23 heavy (non-hydrogen) atoms. The molecular formula is C17H10N4S2. The Balaban J connectivity index is 1.72. The number of hydrogen-bond donors (Lipinski definition) is 1. The van der Waals surface area contributed by atoms with Gasteiger partial charge in [-0.15, -0.1) is 11.3 Å². The number of benzene rings is 1. The van der Waals surface area contributed by atoms with Gasteiger partial charge in [0.15, 0.2) is 0 Å². The van der Waals surface area contributed by atoms with Gasteiger partial charge in [-0.05, 0) is 29.7 Å². The van der Waals surface area contributed by atoms with Crippen LogP contribution in [0.4, 0.5) is 0 Å². The maximum Gasteiger partial charge on any atom is 0.149 e. The Kier molecular flexibility index (Phi) is 3.50.